The standard InChI is InChI=1S/C25H37N7O/c26-22(21-3-1-2-4-24(21)33)15-23-25(27)29-16-20-17-31(13-14-32(20)23)19-7-11-30(12-8-19)18-5-9-28-10-6-18/h1-4,15,18-20,26,28,33H,5-14,16-17H2,(H2,27,29)/b23-15+,26-22?/t20-/m0/s1. The van der Waals surface area contributed by atoms with Crippen molar-refractivity contribution >= 4 is 11.5 Å². The van der Waals surface area contributed by atoms with E-state index in [0.717, 1.165) is 44.5 Å². The number of phenolic OH excluding ortho intramolecular Hbond substituents is 1. The number of piperidine rings is 2. The molecule has 0 aromatic heterocycles. The number of nitrogens with two attached hydrogens (primary N) is 1. The largest absolute Gasteiger partial charge is 0.507 e. The van der Waals surface area contributed by atoms with E-state index in [-0.39, 0.29) is 17.5 Å². The molecule has 8 heteroatoms. The molecule has 1 atom stereocenters. The van der Waals surface area contributed by atoms with Crippen molar-refractivity contribution in [1.82, 2.24) is 20.0 Å². The molecular weight excluding hydrogens is 414 g/mol. The fourth-order valence-corrected chi connectivity index (χ4v) is 5.98. The van der Waals surface area contributed by atoms with Crippen LogP contribution in [-0.4, -0.2) is 102 Å². The van der Waals surface area contributed by atoms with Crippen molar-refractivity contribution in [3.05, 3.63) is 41.6 Å². The second-order valence-corrected chi connectivity index (χ2v) is 9.78. The first-order valence-corrected chi connectivity index (χ1v) is 12.4. The monoisotopic (exact) mass is 451 g/mol. The third-order valence-corrected chi connectivity index (χ3v) is 7.87. The molecule has 5 rings (SSSR count). The van der Waals surface area contributed by atoms with E-state index in [9.17, 15) is 5.11 Å². The Morgan fingerprint density at radius 2 is 1.73 bits per heavy atom. The lowest BCUT2D eigenvalue weighted by atomic mass is 9.96. The maximum atomic E-state index is 10.1. The van der Waals surface area contributed by atoms with Gasteiger partial charge in [0.15, 0.2) is 0 Å². The Morgan fingerprint density at radius 1 is 1.00 bits per heavy atom. The molecule has 1 aromatic carbocycles. The summed E-state index contributed by atoms with van der Waals surface area (Å²) in [5.41, 5.74) is 7.86. The van der Waals surface area contributed by atoms with E-state index in [1.54, 1.807) is 24.3 Å². The Balaban J connectivity index is 1.22. The van der Waals surface area contributed by atoms with E-state index in [4.69, 9.17) is 11.1 Å². The minimum absolute atomic E-state index is 0.114. The fourth-order valence-electron chi connectivity index (χ4n) is 5.98. The van der Waals surface area contributed by atoms with E-state index < -0.39 is 0 Å². The molecule has 0 bridgehead atoms. The molecule has 0 aliphatic carbocycles. The molecule has 5 N–H and O–H groups in total. The molecule has 8 nitrogen and oxygen atoms in total. The Kier molecular flexibility index (Phi) is 6.66. The van der Waals surface area contributed by atoms with Gasteiger partial charge in [-0.3, -0.25) is 9.89 Å². The van der Waals surface area contributed by atoms with Crippen LogP contribution in [-0.2, 0) is 0 Å². The van der Waals surface area contributed by atoms with Crippen LogP contribution in [0.15, 0.2) is 41.0 Å². The molecule has 0 spiro atoms. The molecule has 0 saturated carbocycles. The Hall–Kier alpha value is -2.42. The summed E-state index contributed by atoms with van der Waals surface area (Å²) in [7, 11) is 0. The molecular formula is C25H37N7O. The second-order valence-electron chi connectivity index (χ2n) is 9.78. The van der Waals surface area contributed by atoms with Crippen molar-refractivity contribution in [2.75, 3.05) is 52.4 Å². The molecule has 4 aliphatic heterocycles. The van der Waals surface area contributed by atoms with Crippen LogP contribution in [0.25, 0.3) is 0 Å². The molecule has 178 valence electrons. The third-order valence-electron chi connectivity index (χ3n) is 7.87. The van der Waals surface area contributed by atoms with Crippen LogP contribution in [0.4, 0.5) is 0 Å². The van der Waals surface area contributed by atoms with Crippen molar-refractivity contribution in [2.24, 2.45) is 10.7 Å². The third kappa shape index (κ3) is 4.78. The predicted octanol–water partition coefficient (Wildman–Crippen LogP) is 1.22. The second kappa shape index (κ2) is 9.83. The Morgan fingerprint density at radius 3 is 2.48 bits per heavy atom. The summed E-state index contributed by atoms with van der Waals surface area (Å²) in [4.78, 5) is 12.3. The maximum absolute atomic E-state index is 10.1. The topological polar surface area (TPSA) is 104 Å². The molecule has 0 radical (unpaired) electrons. The number of piperazine rings is 1. The molecule has 4 aliphatic rings. The predicted molar refractivity (Wildman–Crippen MR) is 132 cm³/mol. The number of hydrogen-bond acceptors (Lipinski definition) is 8. The van der Waals surface area contributed by atoms with Gasteiger partial charge in [-0.1, -0.05) is 12.1 Å². The SMILES string of the molecule is N=C(/C=C1\C(N)=NC[C@H]2CN(C3CCN(C4CCNCC4)CC3)CCN12)c1ccccc1O. The van der Waals surface area contributed by atoms with Crippen LogP contribution in [0.1, 0.15) is 31.2 Å². The summed E-state index contributed by atoms with van der Waals surface area (Å²) >= 11 is 0. The van der Waals surface area contributed by atoms with Gasteiger partial charge in [-0.25, -0.2) is 0 Å². The van der Waals surface area contributed by atoms with Crippen molar-refractivity contribution < 1.29 is 5.11 Å². The zero-order valence-electron chi connectivity index (χ0n) is 19.4. The van der Waals surface area contributed by atoms with Crippen LogP contribution in [0, 0.1) is 5.41 Å². The summed E-state index contributed by atoms with van der Waals surface area (Å²) in [6.45, 7) is 8.37. The number of rotatable bonds is 4. The number of aliphatic imine (C=N–C) groups is 1. The fraction of sp³-hybridized carbons (Fsp3) is 0.600. The van der Waals surface area contributed by atoms with Crippen molar-refractivity contribution in [3.8, 4) is 5.75 Å². The number of likely N-dealkylation sites (tertiary alicyclic amines) is 1. The lowest BCUT2D eigenvalue weighted by Gasteiger charge is -2.49. The number of amidine groups is 1. The highest BCUT2D eigenvalue weighted by Crippen LogP contribution is 2.27. The number of para-hydroxylation sites is 1. The lowest BCUT2D eigenvalue weighted by molar-refractivity contribution is 0.0301. The average molecular weight is 452 g/mol. The Labute approximate surface area is 196 Å². The van der Waals surface area contributed by atoms with Crippen LogP contribution in [0.2, 0.25) is 0 Å². The first-order chi connectivity index (χ1) is 16.1. The van der Waals surface area contributed by atoms with Crippen molar-refractivity contribution in [1.29, 1.82) is 5.41 Å². The van der Waals surface area contributed by atoms with E-state index in [2.05, 4.69) is 25.0 Å². The number of aromatic hydroxyl groups is 1. The van der Waals surface area contributed by atoms with Gasteiger partial charge < -0.3 is 31.4 Å². The number of benzene rings is 1. The summed E-state index contributed by atoms with van der Waals surface area (Å²) in [6, 6.07) is 8.68. The van der Waals surface area contributed by atoms with Crippen molar-refractivity contribution in [3.63, 3.8) is 0 Å². The summed E-state index contributed by atoms with van der Waals surface area (Å²) in [5.74, 6) is 0.609. The van der Waals surface area contributed by atoms with Gasteiger partial charge >= 0.3 is 0 Å². The van der Waals surface area contributed by atoms with Gasteiger partial charge in [0.25, 0.3) is 0 Å². The summed E-state index contributed by atoms with van der Waals surface area (Å²) < 4.78 is 0. The number of phenols is 1. The zero-order chi connectivity index (χ0) is 22.8. The highest BCUT2D eigenvalue weighted by molar-refractivity contribution is 6.13. The average Bonchev–Trinajstić information content (AvgIpc) is 2.86. The van der Waals surface area contributed by atoms with Gasteiger partial charge in [0.2, 0.25) is 0 Å². The lowest BCUT2D eigenvalue weighted by Crippen LogP contribution is -2.60. The maximum Gasteiger partial charge on any atom is 0.142 e. The highest BCUT2D eigenvalue weighted by atomic mass is 16.3. The van der Waals surface area contributed by atoms with Crippen LogP contribution in [0.5, 0.6) is 5.75 Å². The van der Waals surface area contributed by atoms with Crippen LogP contribution >= 0.6 is 0 Å². The molecule has 0 amide bonds. The first kappa shape index (κ1) is 22.4. The number of nitrogens with zero attached hydrogens (tertiary/aromatic N) is 4. The minimum Gasteiger partial charge on any atom is -0.507 e. The van der Waals surface area contributed by atoms with Crippen LogP contribution < -0.4 is 11.1 Å². The van der Waals surface area contributed by atoms with Gasteiger partial charge in [-0.05, 0) is 70.1 Å². The minimum atomic E-state index is 0.114. The normalized spacial score (nSPS) is 27.4. The van der Waals surface area contributed by atoms with Gasteiger partial charge in [0.1, 0.15) is 11.6 Å². The number of fused-ring (bicyclic) bond motifs is 1. The van der Waals surface area contributed by atoms with Gasteiger partial charge in [-0.2, -0.15) is 0 Å². The van der Waals surface area contributed by atoms with Gasteiger partial charge in [0, 0.05) is 37.3 Å². The molecule has 33 heavy (non-hydrogen) atoms. The molecule has 1 aromatic rings. The van der Waals surface area contributed by atoms with Crippen LogP contribution in [0.3, 0.4) is 0 Å². The summed E-state index contributed by atoms with van der Waals surface area (Å²) in [5, 5.41) is 22.1. The molecule has 3 fully saturated rings. The number of allylic oxidation sites excluding steroid dienone is 1. The van der Waals surface area contributed by atoms with E-state index in [0.29, 0.717) is 24.0 Å². The molecule has 3 saturated heterocycles. The van der Waals surface area contributed by atoms with E-state index in [1.165, 1.54) is 38.8 Å². The quantitative estimate of drug-likeness (QED) is 0.513. The van der Waals surface area contributed by atoms with Gasteiger partial charge in [-0.15, -0.1) is 0 Å². The van der Waals surface area contributed by atoms with E-state index in [1.807, 2.05) is 6.07 Å². The smallest absolute Gasteiger partial charge is 0.142 e. The summed E-state index contributed by atoms with van der Waals surface area (Å²) in [6.07, 6.45) is 6.85. The number of nitrogens with one attached hydrogen (secondary N) is 2. The molecule has 0 unspecified atom stereocenters. The first-order valence-electron chi connectivity index (χ1n) is 12.4. The zero-order valence-corrected chi connectivity index (χ0v) is 19.4. The molecule has 4 heterocycles. The van der Waals surface area contributed by atoms with Crippen molar-refractivity contribution in [2.45, 2.75) is 43.8 Å². The highest BCUT2D eigenvalue weighted by Gasteiger charge is 2.36. The van der Waals surface area contributed by atoms with Gasteiger partial charge in [0.05, 0.1) is 24.0 Å². The number of hydrogen-bond donors (Lipinski definition) is 4. The Bertz CT molecular complexity index is 915. The van der Waals surface area contributed by atoms with E-state index >= 15 is 0 Å².